The van der Waals surface area contributed by atoms with Crippen LogP contribution in [0.4, 0.5) is 5.82 Å². The molecular weight excluding hydrogens is 264 g/mol. The molecule has 1 heterocycles. The molecule has 94 valence electrons. The molecule has 0 radical (unpaired) electrons. The van der Waals surface area contributed by atoms with Crippen molar-refractivity contribution < 1.29 is 0 Å². The van der Waals surface area contributed by atoms with Crippen LogP contribution in [0.2, 0.25) is 5.02 Å². The van der Waals surface area contributed by atoms with Crippen LogP contribution in [0.25, 0.3) is 0 Å². The minimum absolute atomic E-state index is 0.838. The van der Waals surface area contributed by atoms with Crippen molar-refractivity contribution in [3.8, 4) is 0 Å². The zero-order valence-corrected chi connectivity index (χ0v) is 11.8. The summed E-state index contributed by atoms with van der Waals surface area (Å²) in [5.41, 5.74) is 2.40. The van der Waals surface area contributed by atoms with Gasteiger partial charge in [-0.05, 0) is 17.7 Å². The Balaban J connectivity index is 1.95. The number of nitrogens with zero attached hydrogens (tertiary/aromatic N) is 1. The molecule has 0 aliphatic heterocycles. The highest BCUT2D eigenvalue weighted by Gasteiger charge is 2.03. The van der Waals surface area contributed by atoms with Crippen molar-refractivity contribution in [3.63, 3.8) is 0 Å². The first-order valence-corrected chi connectivity index (χ1v) is 7.27. The van der Waals surface area contributed by atoms with Crippen molar-refractivity contribution in [2.75, 3.05) is 12.4 Å². The first-order chi connectivity index (χ1) is 8.81. The van der Waals surface area contributed by atoms with Gasteiger partial charge in [-0.25, -0.2) is 4.98 Å². The van der Waals surface area contributed by atoms with Crippen LogP contribution >= 0.6 is 23.4 Å². The topological polar surface area (TPSA) is 24.9 Å². The van der Waals surface area contributed by atoms with Crippen molar-refractivity contribution in [2.24, 2.45) is 0 Å². The summed E-state index contributed by atoms with van der Waals surface area (Å²) in [7, 11) is 1.89. The highest BCUT2D eigenvalue weighted by atomic mass is 35.5. The highest BCUT2D eigenvalue weighted by Crippen LogP contribution is 2.25. The summed E-state index contributed by atoms with van der Waals surface area (Å²) in [6.45, 7) is 0. The van der Waals surface area contributed by atoms with Crippen LogP contribution < -0.4 is 5.32 Å². The Kier molecular flexibility index (Phi) is 4.90. The molecule has 18 heavy (non-hydrogen) atoms. The predicted octanol–water partition coefficient (Wildman–Crippen LogP) is 4.21. The van der Waals surface area contributed by atoms with E-state index in [-0.39, 0.29) is 0 Å². The molecule has 0 fully saturated rings. The number of pyridine rings is 1. The molecule has 0 saturated heterocycles. The maximum absolute atomic E-state index is 6.13. The van der Waals surface area contributed by atoms with E-state index < -0.39 is 0 Å². The summed E-state index contributed by atoms with van der Waals surface area (Å²) in [5, 5.41) is 3.94. The Hall–Kier alpha value is -1.19. The maximum atomic E-state index is 6.13. The largest absolute Gasteiger partial charge is 0.373 e. The molecule has 0 bridgehead atoms. The second-order valence-corrected chi connectivity index (χ2v) is 5.24. The van der Waals surface area contributed by atoms with Gasteiger partial charge in [0, 0.05) is 35.3 Å². The Morgan fingerprint density at radius 1 is 1.11 bits per heavy atom. The second kappa shape index (κ2) is 6.66. The first kappa shape index (κ1) is 13.2. The number of halogens is 1. The quantitative estimate of drug-likeness (QED) is 0.887. The number of benzene rings is 1. The summed E-state index contributed by atoms with van der Waals surface area (Å²) >= 11 is 7.97. The van der Waals surface area contributed by atoms with E-state index >= 15 is 0 Å². The van der Waals surface area contributed by atoms with E-state index in [0.717, 1.165) is 22.3 Å². The number of rotatable bonds is 5. The number of hydrogen-bond acceptors (Lipinski definition) is 3. The van der Waals surface area contributed by atoms with Gasteiger partial charge in [0.2, 0.25) is 0 Å². The second-order valence-electron chi connectivity index (χ2n) is 3.85. The van der Waals surface area contributed by atoms with Crippen molar-refractivity contribution in [3.05, 3.63) is 58.7 Å². The van der Waals surface area contributed by atoms with Gasteiger partial charge < -0.3 is 5.32 Å². The molecular formula is C14H15ClN2S. The van der Waals surface area contributed by atoms with Gasteiger partial charge in [0.1, 0.15) is 5.82 Å². The molecule has 0 aliphatic rings. The van der Waals surface area contributed by atoms with E-state index in [4.69, 9.17) is 11.6 Å². The average Bonchev–Trinajstić information content (AvgIpc) is 2.41. The van der Waals surface area contributed by atoms with Crippen molar-refractivity contribution in [1.29, 1.82) is 0 Å². The molecule has 0 saturated carbocycles. The molecule has 2 rings (SSSR count). The summed E-state index contributed by atoms with van der Waals surface area (Å²) < 4.78 is 0. The van der Waals surface area contributed by atoms with E-state index in [2.05, 4.69) is 22.4 Å². The lowest BCUT2D eigenvalue weighted by Crippen LogP contribution is -1.97. The third-order valence-corrected chi connectivity index (χ3v) is 4.00. The monoisotopic (exact) mass is 278 g/mol. The minimum Gasteiger partial charge on any atom is -0.373 e. The Bertz CT molecular complexity index is 517. The Morgan fingerprint density at radius 2 is 1.83 bits per heavy atom. The first-order valence-electron chi connectivity index (χ1n) is 5.74. The molecule has 1 aromatic carbocycles. The summed E-state index contributed by atoms with van der Waals surface area (Å²) in [4.78, 5) is 4.29. The normalized spacial score (nSPS) is 10.3. The standard InChI is InChI=1S/C14H15ClN2S/c1-16-14-12(6-4-8-17-14)10-18-9-11-5-2-3-7-13(11)15/h2-8H,9-10H2,1H3,(H,16,17). The molecule has 0 unspecified atom stereocenters. The van der Waals surface area contributed by atoms with Gasteiger partial charge in [-0.3, -0.25) is 0 Å². The fraction of sp³-hybridized carbons (Fsp3) is 0.214. The van der Waals surface area contributed by atoms with Crippen LogP contribution in [0.5, 0.6) is 0 Å². The van der Waals surface area contributed by atoms with Gasteiger partial charge in [0.25, 0.3) is 0 Å². The number of hydrogen-bond donors (Lipinski definition) is 1. The van der Waals surface area contributed by atoms with Gasteiger partial charge >= 0.3 is 0 Å². The molecule has 0 spiro atoms. The molecule has 1 N–H and O–H groups in total. The van der Waals surface area contributed by atoms with Crippen LogP contribution in [-0.2, 0) is 11.5 Å². The van der Waals surface area contributed by atoms with Gasteiger partial charge in [0.05, 0.1) is 0 Å². The van der Waals surface area contributed by atoms with Crippen LogP contribution in [-0.4, -0.2) is 12.0 Å². The van der Waals surface area contributed by atoms with Gasteiger partial charge in [0.15, 0.2) is 0 Å². The van der Waals surface area contributed by atoms with Crippen molar-refractivity contribution >= 4 is 29.2 Å². The SMILES string of the molecule is CNc1ncccc1CSCc1ccccc1Cl. The fourth-order valence-corrected chi connectivity index (χ4v) is 2.97. The lowest BCUT2D eigenvalue weighted by atomic mass is 10.2. The lowest BCUT2D eigenvalue weighted by molar-refractivity contribution is 1.22. The van der Waals surface area contributed by atoms with E-state index in [1.54, 1.807) is 6.20 Å². The fourth-order valence-electron chi connectivity index (χ4n) is 1.67. The van der Waals surface area contributed by atoms with Crippen LogP contribution in [0.15, 0.2) is 42.6 Å². The predicted molar refractivity (Wildman–Crippen MR) is 80.2 cm³/mol. The Morgan fingerprint density at radius 3 is 2.61 bits per heavy atom. The summed E-state index contributed by atoms with van der Waals surface area (Å²) in [6, 6.07) is 12.0. The number of anilines is 1. The molecule has 0 aliphatic carbocycles. The number of aromatic nitrogens is 1. The highest BCUT2D eigenvalue weighted by molar-refractivity contribution is 7.97. The van der Waals surface area contributed by atoms with Gasteiger partial charge in [-0.1, -0.05) is 35.9 Å². The molecule has 1 aromatic heterocycles. The smallest absolute Gasteiger partial charge is 0.129 e. The summed E-state index contributed by atoms with van der Waals surface area (Å²) in [5.74, 6) is 2.79. The lowest BCUT2D eigenvalue weighted by Gasteiger charge is -2.08. The van der Waals surface area contributed by atoms with Crippen LogP contribution in [0, 0.1) is 0 Å². The number of nitrogens with one attached hydrogen (secondary N) is 1. The van der Waals surface area contributed by atoms with E-state index in [1.165, 1.54) is 11.1 Å². The molecule has 2 nitrogen and oxygen atoms in total. The van der Waals surface area contributed by atoms with Gasteiger partial charge in [-0.15, -0.1) is 0 Å². The minimum atomic E-state index is 0.838. The average molecular weight is 279 g/mol. The third kappa shape index (κ3) is 3.40. The maximum Gasteiger partial charge on any atom is 0.129 e. The van der Waals surface area contributed by atoms with Crippen LogP contribution in [0.1, 0.15) is 11.1 Å². The molecule has 0 amide bonds. The molecule has 2 aromatic rings. The van der Waals surface area contributed by atoms with E-state index in [1.807, 2.05) is 43.1 Å². The Labute approximate surface area is 117 Å². The third-order valence-electron chi connectivity index (χ3n) is 2.60. The van der Waals surface area contributed by atoms with Crippen LogP contribution in [0.3, 0.4) is 0 Å². The van der Waals surface area contributed by atoms with Crippen molar-refractivity contribution in [1.82, 2.24) is 4.98 Å². The summed E-state index contributed by atoms with van der Waals surface area (Å²) in [6.07, 6.45) is 1.80. The zero-order chi connectivity index (χ0) is 12.8. The zero-order valence-electron chi connectivity index (χ0n) is 10.2. The van der Waals surface area contributed by atoms with E-state index in [9.17, 15) is 0 Å². The molecule has 0 atom stereocenters. The van der Waals surface area contributed by atoms with E-state index in [0.29, 0.717) is 0 Å². The molecule has 4 heteroatoms. The van der Waals surface area contributed by atoms with Gasteiger partial charge in [-0.2, -0.15) is 11.8 Å². The number of thioether (sulfide) groups is 1. The van der Waals surface area contributed by atoms with Crippen molar-refractivity contribution in [2.45, 2.75) is 11.5 Å².